The first-order chi connectivity index (χ1) is 8.86. The van der Waals surface area contributed by atoms with Crippen molar-refractivity contribution >= 4 is 0 Å². The van der Waals surface area contributed by atoms with Gasteiger partial charge in [0, 0.05) is 31.0 Å². The van der Waals surface area contributed by atoms with Gasteiger partial charge in [0.15, 0.2) is 0 Å². The van der Waals surface area contributed by atoms with Gasteiger partial charge in [0.05, 0.1) is 6.33 Å². The summed E-state index contributed by atoms with van der Waals surface area (Å²) in [5.41, 5.74) is 0.271. The summed E-state index contributed by atoms with van der Waals surface area (Å²) in [6.07, 6.45) is 8.51. The molecule has 1 unspecified atom stereocenters. The van der Waals surface area contributed by atoms with Crippen LogP contribution in [0.2, 0.25) is 0 Å². The number of hydrogen-bond donors (Lipinski definition) is 1. The van der Waals surface area contributed by atoms with E-state index < -0.39 is 0 Å². The Balaban J connectivity index is 1.89. The Kier molecular flexibility index (Phi) is 4.34. The van der Waals surface area contributed by atoms with Crippen LogP contribution in [0, 0.1) is 17.3 Å². The van der Waals surface area contributed by atoms with Gasteiger partial charge in [-0.2, -0.15) is 0 Å². The number of nitrogens with zero attached hydrogens (tertiary/aromatic N) is 2. The maximum atomic E-state index is 4.14. The van der Waals surface area contributed by atoms with Gasteiger partial charge in [0.2, 0.25) is 0 Å². The second-order valence-electron chi connectivity index (χ2n) is 7.52. The lowest BCUT2D eigenvalue weighted by molar-refractivity contribution is 0.122. The van der Waals surface area contributed by atoms with Crippen LogP contribution in [-0.2, 0) is 6.54 Å². The quantitative estimate of drug-likeness (QED) is 0.883. The van der Waals surface area contributed by atoms with Crippen LogP contribution in [0.1, 0.15) is 47.5 Å². The van der Waals surface area contributed by atoms with Crippen molar-refractivity contribution in [1.29, 1.82) is 0 Å². The fourth-order valence-corrected chi connectivity index (χ4v) is 2.81. The third-order valence-electron chi connectivity index (χ3n) is 4.55. The number of imidazole rings is 1. The SMILES string of the molecule is CC(C)C1CC(NC(Cn2ccnc2)C(C)(C)C)C1. The average Bonchev–Trinajstić information content (AvgIpc) is 2.71. The van der Waals surface area contributed by atoms with Crippen LogP contribution in [0.3, 0.4) is 0 Å². The topological polar surface area (TPSA) is 29.9 Å². The summed E-state index contributed by atoms with van der Waals surface area (Å²) in [6, 6.07) is 1.21. The van der Waals surface area contributed by atoms with E-state index in [1.54, 1.807) is 0 Å². The van der Waals surface area contributed by atoms with Crippen LogP contribution < -0.4 is 5.32 Å². The van der Waals surface area contributed by atoms with E-state index in [1.807, 2.05) is 12.5 Å². The molecule has 1 heterocycles. The van der Waals surface area contributed by atoms with Gasteiger partial charge >= 0.3 is 0 Å². The zero-order chi connectivity index (χ0) is 14.0. The van der Waals surface area contributed by atoms with E-state index >= 15 is 0 Å². The molecule has 1 aliphatic rings. The molecule has 0 aliphatic heterocycles. The molecule has 0 saturated heterocycles. The predicted molar refractivity (Wildman–Crippen MR) is 80.0 cm³/mol. The molecule has 0 amide bonds. The highest BCUT2D eigenvalue weighted by atomic mass is 15.1. The number of aromatic nitrogens is 2. The lowest BCUT2D eigenvalue weighted by Crippen LogP contribution is -2.53. The van der Waals surface area contributed by atoms with Gasteiger partial charge in [0.1, 0.15) is 0 Å². The average molecular weight is 263 g/mol. The van der Waals surface area contributed by atoms with Crippen molar-refractivity contribution in [2.75, 3.05) is 0 Å². The van der Waals surface area contributed by atoms with Gasteiger partial charge < -0.3 is 9.88 Å². The Labute approximate surface area is 117 Å². The molecule has 1 N–H and O–H groups in total. The second kappa shape index (κ2) is 5.66. The van der Waals surface area contributed by atoms with Crippen molar-refractivity contribution < 1.29 is 0 Å². The number of nitrogens with one attached hydrogen (secondary N) is 1. The third-order valence-corrected chi connectivity index (χ3v) is 4.55. The maximum absolute atomic E-state index is 4.14. The van der Waals surface area contributed by atoms with Crippen molar-refractivity contribution in [3.8, 4) is 0 Å². The summed E-state index contributed by atoms with van der Waals surface area (Å²) in [5, 5.41) is 3.87. The lowest BCUT2D eigenvalue weighted by atomic mass is 9.72. The molecule has 0 bridgehead atoms. The largest absolute Gasteiger partial charge is 0.336 e. The molecule has 0 spiro atoms. The summed E-state index contributed by atoms with van der Waals surface area (Å²) in [6.45, 7) is 12.6. The fraction of sp³-hybridized carbons (Fsp3) is 0.812. The fourth-order valence-electron chi connectivity index (χ4n) is 2.81. The Morgan fingerprint density at radius 1 is 1.32 bits per heavy atom. The van der Waals surface area contributed by atoms with Crippen LogP contribution in [0.4, 0.5) is 0 Å². The molecule has 0 radical (unpaired) electrons. The molecule has 1 saturated carbocycles. The molecular formula is C16H29N3. The summed E-state index contributed by atoms with van der Waals surface area (Å²) in [4.78, 5) is 4.14. The molecule has 1 aromatic rings. The normalized spacial score (nSPS) is 25.4. The Bertz CT molecular complexity index is 369. The van der Waals surface area contributed by atoms with E-state index in [4.69, 9.17) is 0 Å². The van der Waals surface area contributed by atoms with Crippen molar-refractivity contribution in [1.82, 2.24) is 14.9 Å². The number of rotatable bonds is 5. The Hall–Kier alpha value is -0.830. The van der Waals surface area contributed by atoms with E-state index in [9.17, 15) is 0 Å². The minimum absolute atomic E-state index is 0.271. The van der Waals surface area contributed by atoms with Crippen molar-refractivity contribution in [3.05, 3.63) is 18.7 Å². The van der Waals surface area contributed by atoms with E-state index in [-0.39, 0.29) is 5.41 Å². The molecule has 2 rings (SSSR count). The zero-order valence-electron chi connectivity index (χ0n) is 13.1. The first kappa shape index (κ1) is 14.6. The Morgan fingerprint density at radius 2 is 2.00 bits per heavy atom. The van der Waals surface area contributed by atoms with E-state index in [0.29, 0.717) is 12.1 Å². The lowest BCUT2D eigenvalue weighted by Gasteiger charge is -2.43. The van der Waals surface area contributed by atoms with Crippen molar-refractivity contribution in [3.63, 3.8) is 0 Å². The molecule has 1 aromatic heterocycles. The Morgan fingerprint density at radius 3 is 2.47 bits per heavy atom. The molecule has 3 heteroatoms. The van der Waals surface area contributed by atoms with Crippen LogP contribution in [0.25, 0.3) is 0 Å². The van der Waals surface area contributed by atoms with Crippen molar-refractivity contribution in [2.24, 2.45) is 17.3 Å². The minimum atomic E-state index is 0.271. The van der Waals surface area contributed by atoms with E-state index in [0.717, 1.165) is 18.4 Å². The first-order valence-corrected chi connectivity index (χ1v) is 7.58. The molecule has 0 aromatic carbocycles. The van der Waals surface area contributed by atoms with Gasteiger partial charge in [-0.1, -0.05) is 34.6 Å². The first-order valence-electron chi connectivity index (χ1n) is 7.58. The monoisotopic (exact) mass is 263 g/mol. The van der Waals surface area contributed by atoms with Gasteiger partial charge in [-0.15, -0.1) is 0 Å². The highest BCUT2D eigenvalue weighted by molar-refractivity contribution is 4.92. The van der Waals surface area contributed by atoms with Gasteiger partial charge in [-0.3, -0.25) is 0 Å². The molecule has 1 aliphatic carbocycles. The molecule has 108 valence electrons. The summed E-state index contributed by atoms with van der Waals surface area (Å²) in [7, 11) is 0. The second-order valence-corrected chi connectivity index (χ2v) is 7.52. The highest BCUT2D eigenvalue weighted by Crippen LogP contribution is 2.35. The molecule has 3 nitrogen and oxygen atoms in total. The molecule has 19 heavy (non-hydrogen) atoms. The molecule has 1 atom stereocenters. The van der Waals surface area contributed by atoms with Gasteiger partial charge in [-0.05, 0) is 30.1 Å². The van der Waals surface area contributed by atoms with E-state index in [1.165, 1.54) is 12.8 Å². The summed E-state index contributed by atoms with van der Waals surface area (Å²) >= 11 is 0. The summed E-state index contributed by atoms with van der Waals surface area (Å²) in [5.74, 6) is 1.76. The number of hydrogen-bond acceptors (Lipinski definition) is 2. The minimum Gasteiger partial charge on any atom is -0.336 e. The van der Waals surface area contributed by atoms with Crippen molar-refractivity contribution in [2.45, 2.75) is 66.1 Å². The van der Waals surface area contributed by atoms with Gasteiger partial charge in [0.25, 0.3) is 0 Å². The third kappa shape index (κ3) is 3.82. The standard InChI is InChI=1S/C16H29N3/c1-12(2)13-8-14(9-13)18-15(16(3,4)5)10-19-7-6-17-11-19/h6-7,11-15,18H,8-10H2,1-5H3. The molecular weight excluding hydrogens is 234 g/mol. The van der Waals surface area contributed by atoms with Crippen LogP contribution in [-0.4, -0.2) is 21.6 Å². The smallest absolute Gasteiger partial charge is 0.0946 e. The molecule has 1 fully saturated rings. The highest BCUT2D eigenvalue weighted by Gasteiger charge is 2.35. The van der Waals surface area contributed by atoms with Gasteiger partial charge in [-0.25, -0.2) is 4.98 Å². The van der Waals surface area contributed by atoms with Crippen LogP contribution >= 0.6 is 0 Å². The van der Waals surface area contributed by atoms with E-state index in [2.05, 4.69) is 55.7 Å². The maximum Gasteiger partial charge on any atom is 0.0946 e. The summed E-state index contributed by atoms with van der Waals surface area (Å²) < 4.78 is 2.18. The zero-order valence-corrected chi connectivity index (χ0v) is 13.1. The van der Waals surface area contributed by atoms with Crippen LogP contribution in [0.15, 0.2) is 18.7 Å². The predicted octanol–water partition coefficient (Wildman–Crippen LogP) is 3.32. The van der Waals surface area contributed by atoms with Crippen LogP contribution in [0.5, 0.6) is 0 Å².